The van der Waals surface area contributed by atoms with Crippen LogP contribution in [0.3, 0.4) is 0 Å². The number of hydrogen-bond acceptors (Lipinski definition) is 2. The lowest BCUT2D eigenvalue weighted by atomic mass is 10.1. The average Bonchev–Trinajstić information content (AvgIpc) is 3.71. The highest BCUT2D eigenvalue weighted by Crippen LogP contribution is 2.43. The van der Waals surface area contributed by atoms with E-state index in [2.05, 4.69) is 105 Å². The first-order chi connectivity index (χ1) is 21.3. The van der Waals surface area contributed by atoms with Crippen LogP contribution in [0.1, 0.15) is 5.56 Å². The molecule has 5 nitrogen and oxygen atoms in total. The van der Waals surface area contributed by atoms with Gasteiger partial charge in [-0.15, -0.1) is 0 Å². The summed E-state index contributed by atoms with van der Waals surface area (Å²) in [6, 6.07) is 43.3. The lowest BCUT2D eigenvalue weighted by Crippen LogP contribution is -1.98. The zero-order valence-corrected chi connectivity index (χ0v) is 22.7. The van der Waals surface area contributed by atoms with Gasteiger partial charge < -0.3 is 13.6 Å². The van der Waals surface area contributed by atoms with E-state index in [0.29, 0.717) is 16.9 Å². The van der Waals surface area contributed by atoms with Crippen molar-refractivity contribution in [3.63, 3.8) is 0 Å². The molecule has 0 N–H and O–H groups in total. The van der Waals surface area contributed by atoms with Crippen LogP contribution in [0.5, 0.6) is 0 Å². The third kappa shape index (κ3) is 3.08. The Morgan fingerprint density at radius 3 is 2.02 bits per heavy atom. The molecule has 0 aliphatic heterocycles. The van der Waals surface area contributed by atoms with Crippen molar-refractivity contribution < 1.29 is 4.42 Å². The molecule has 3 heterocycles. The number of nitriles is 1. The number of para-hydroxylation sites is 4. The standard InChI is InChI=1S/C38H20N4O/c1-40-30-13-8-9-23(22-39)37(30)42-33-19-17-24(41-31-14-5-2-10-25(31)26-11-3-6-15-32(26)41)21-29(33)36-34(42)20-18-28-27-12-4-7-16-35(27)43-38(28)36/h2-21H. The third-order valence-corrected chi connectivity index (χ3v) is 8.57. The van der Waals surface area contributed by atoms with E-state index in [9.17, 15) is 5.26 Å². The van der Waals surface area contributed by atoms with E-state index >= 15 is 0 Å². The van der Waals surface area contributed by atoms with Crippen molar-refractivity contribution in [1.82, 2.24) is 9.13 Å². The van der Waals surface area contributed by atoms with Gasteiger partial charge in [-0.1, -0.05) is 66.7 Å². The van der Waals surface area contributed by atoms with Crippen LogP contribution in [-0.2, 0) is 0 Å². The van der Waals surface area contributed by atoms with Gasteiger partial charge in [-0.3, -0.25) is 0 Å². The summed E-state index contributed by atoms with van der Waals surface area (Å²) >= 11 is 0. The van der Waals surface area contributed by atoms with Crippen molar-refractivity contribution in [1.29, 1.82) is 5.26 Å². The first kappa shape index (κ1) is 23.4. The van der Waals surface area contributed by atoms with E-state index in [1.54, 1.807) is 18.2 Å². The summed E-state index contributed by atoms with van der Waals surface area (Å²) in [5, 5.41) is 16.6. The van der Waals surface area contributed by atoms with Gasteiger partial charge >= 0.3 is 0 Å². The molecule has 5 heteroatoms. The Bertz CT molecular complexity index is 2620. The summed E-state index contributed by atoms with van der Waals surface area (Å²) in [7, 11) is 0. The van der Waals surface area contributed by atoms with Gasteiger partial charge in [0.05, 0.1) is 51.3 Å². The second kappa shape index (κ2) is 8.60. The topological polar surface area (TPSA) is 51.1 Å². The quantitative estimate of drug-likeness (QED) is 0.202. The molecule has 43 heavy (non-hydrogen) atoms. The van der Waals surface area contributed by atoms with E-state index in [4.69, 9.17) is 11.0 Å². The zero-order chi connectivity index (χ0) is 28.7. The fourth-order valence-corrected chi connectivity index (χ4v) is 6.80. The van der Waals surface area contributed by atoms with E-state index in [0.717, 1.165) is 60.5 Å². The monoisotopic (exact) mass is 548 g/mol. The van der Waals surface area contributed by atoms with Crippen molar-refractivity contribution >= 4 is 71.2 Å². The molecule has 0 saturated heterocycles. The second-order valence-corrected chi connectivity index (χ2v) is 10.7. The Kier molecular flexibility index (Phi) is 4.68. The van der Waals surface area contributed by atoms with Crippen molar-refractivity contribution in [3.8, 4) is 17.4 Å². The molecule has 0 spiro atoms. The van der Waals surface area contributed by atoms with Gasteiger partial charge in [-0.25, -0.2) is 4.85 Å². The maximum atomic E-state index is 10.1. The number of nitrogens with zero attached hydrogens (tertiary/aromatic N) is 4. The molecule has 0 aliphatic rings. The van der Waals surface area contributed by atoms with Crippen molar-refractivity contribution in [3.05, 3.63) is 138 Å². The fourth-order valence-electron chi connectivity index (χ4n) is 6.80. The molecular formula is C38H20N4O. The predicted octanol–water partition coefficient (Wildman–Crippen LogP) is 10.2. The summed E-state index contributed by atoms with van der Waals surface area (Å²) in [4.78, 5) is 3.82. The highest BCUT2D eigenvalue weighted by molar-refractivity contribution is 6.24. The summed E-state index contributed by atoms with van der Waals surface area (Å²) in [5.41, 5.74) is 8.14. The molecular weight excluding hydrogens is 528 g/mol. The molecule has 0 atom stereocenters. The van der Waals surface area contributed by atoms with Gasteiger partial charge in [0, 0.05) is 32.6 Å². The molecule has 6 aromatic carbocycles. The fraction of sp³-hybridized carbons (Fsp3) is 0. The van der Waals surface area contributed by atoms with Crippen molar-refractivity contribution in [2.24, 2.45) is 0 Å². The summed E-state index contributed by atoms with van der Waals surface area (Å²) in [6.45, 7) is 7.94. The maximum absolute atomic E-state index is 10.1. The number of fused-ring (bicyclic) bond motifs is 10. The highest BCUT2D eigenvalue weighted by Gasteiger charge is 2.23. The first-order valence-electron chi connectivity index (χ1n) is 14.0. The van der Waals surface area contributed by atoms with Crippen LogP contribution in [0, 0.1) is 17.9 Å². The van der Waals surface area contributed by atoms with Crippen LogP contribution in [0.25, 0.3) is 81.8 Å². The van der Waals surface area contributed by atoms with E-state index in [1.165, 1.54) is 10.8 Å². The van der Waals surface area contributed by atoms with Gasteiger partial charge in [0.15, 0.2) is 0 Å². The minimum Gasteiger partial charge on any atom is -0.455 e. The van der Waals surface area contributed by atoms with Crippen molar-refractivity contribution in [2.45, 2.75) is 0 Å². The Morgan fingerprint density at radius 2 is 1.28 bits per heavy atom. The van der Waals surface area contributed by atoms with Crippen LogP contribution in [0.2, 0.25) is 0 Å². The number of hydrogen-bond donors (Lipinski definition) is 0. The SMILES string of the molecule is [C-]#[N+]c1cccc(C#N)c1-n1c2ccc(-n3c4ccccc4c4ccccc43)cc2c2c3oc4ccccc4c3ccc21. The van der Waals surface area contributed by atoms with E-state index in [-0.39, 0.29) is 0 Å². The lowest BCUT2D eigenvalue weighted by Gasteiger charge is -2.13. The van der Waals surface area contributed by atoms with Gasteiger partial charge in [-0.2, -0.15) is 5.26 Å². The minimum atomic E-state index is 0.425. The molecule has 0 aliphatic carbocycles. The molecule has 9 rings (SSSR count). The summed E-state index contributed by atoms with van der Waals surface area (Å²) < 4.78 is 10.9. The Labute approximate surface area is 245 Å². The largest absolute Gasteiger partial charge is 0.455 e. The van der Waals surface area contributed by atoms with Gasteiger partial charge in [-0.05, 0) is 54.6 Å². The van der Waals surface area contributed by atoms with E-state index < -0.39 is 0 Å². The molecule has 198 valence electrons. The first-order valence-corrected chi connectivity index (χ1v) is 14.0. The van der Waals surface area contributed by atoms with E-state index in [1.807, 2.05) is 18.2 Å². The summed E-state index contributed by atoms with van der Waals surface area (Å²) in [5.74, 6) is 0. The Balaban J connectivity index is 1.48. The third-order valence-electron chi connectivity index (χ3n) is 8.57. The Morgan fingerprint density at radius 1 is 0.605 bits per heavy atom. The number of aromatic nitrogens is 2. The molecule has 0 fully saturated rings. The van der Waals surface area contributed by atoms with Crippen LogP contribution < -0.4 is 0 Å². The molecule has 9 aromatic rings. The molecule has 0 saturated carbocycles. The average molecular weight is 549 g/mol. The summed E-state index contributed by atoms with van der Waals surface area (Å²) in [6.07, 6.45) is 0. The van der Waals surface area contributed by atoms with Crippen LogP contribution in [0.4, 0.5) is 5.69 Å². The lowest BCUT2D eigenvalue weighted by molar-refractivity contribution is 0.673. The van der Waals surface area contributed by atoms with Crippen molar-refractivity contribution in [2.75, 3.05) is 0 Å². The van der Waals surface area contributed by atoms with Gasteiger partial charge in [0.1, 0.15) is 11.2 Å². The zero-order valence-electron chi connectivity index (χ0n) is 22.7. The maximum Gasteiger partial charge on any atom is 0.211 e. The Hall–Kier alpha value is -6.30. The minimum absolute atomic E-state index is 0.425. The smallest absolute Gasteiger partial charge is 0.211 e. The highest BCUT2D eigenvalue weighted by atomic mass is 16.3. The van der Waals surface area contributed by atoms with Crippen LogP contribution in [-0.4, -0.2) is 9.13 Å². The molecule has 0 amide bonds. The predicted molar refractivity (Wildman–Crippen MR) is 173 cm³/mol. The van der Waals surface area contributed by atoms with Crippen LogP contribution in [0.15, 0.2) is 126 Å². The molecule has 0 unspecified atom stereocenters. The van der Waals surface area contributed by atoms with Crippen LogP contribution >= 0.6 is 0 Å². The number of rotatable bonds is 2. The molecule has 0 bridgehead atoms. The normalized spacial score (nSPS) is 11.7. The second-order valence-electron chi connectivity index (χ2n) is 10.7. The molecule has 3 aromatic heterocycles. The van der Waals surface area contributed by atoms with Gasteiger partial charge in [0.2, 0.25) is 5.69 Å². The number of benzene rings is 6. The van der Waals surface area contributed by atoms with Gasteiger partial charge in [0.25, 0.3) is 0 Å². The number of furan rings is 1. The molecule has 0 radical (unpaired) electrons.